The van der Waals surface area contributed by atoms with Gasteiger partial charge in [0.1, 0.15) is 22.4 Å². The minimum Gasteiger partial charge on any atom is -0.509 e. The molecule has 0 radical (unpaired) electrons. The van der Waals surface area contributed by atoms with Crippen molar-refractivity contribution < 1.29 is 15.0 Å². The van der Waals surface area contributed by atoms with Gasteiger partial charge in [-0.25, -0.2) is 4.98 Å². The number of nitriles is 1. The Morgan fingerprint density at radius 2 is 1.97 bits per heavy atom. The Hall–Kier alpha value is -2.99. The SMILES string of the molecule is N#C/C(=C(/O)CN1C(=O)c2ccccc2C1O)c1nc(-c2ccc(Br)cc2)cs1. The monoisotopic (exact) mass is 467 g/mol. The van der Waals surface area contributed by atoms with Crippen LogP contribution in [0.25, 0.3) is 16.8 Å². The fraction of sp³-hybridized carbons (Fsp3) is 0.0952. The van der Waals surface area contributed by atoms with Crippen molar-refractivity contribution in [2.75, 3.05) is 6.54 Å². The molecule has 2 heterocycles. The molecule has 3 aromatic rings. The molecule has 0 bridgehead atoms. The van der Waals surface area contributed by atoms with Gasteiger partial charge in [-0.1, -0.05) is 46.3 Å². The zero-order chi connectivity index (χ0) is 20.5. The largest absolute Gasteiger partial charge is 0.509 e. The van der Waals surface area contributed by atoms with Crippen LogP contribution in [0.3, 0.4) is 0 Å². The van der Waals surface area contributed by atoms with Crippen molar-refractivity contribution in [2.45, 2.75) is 6.23 Å². The number of aliphatic hydroxyl groups is 2. The zero-order valence-electron chi connectivity index (χ0n) is 14.9. The minimum absolute atomic E-state index is 0.0192. The number of rotatable bonds is 4. The number of carbonyl (C=O) groups is 1. The van der Waals surface area contributed by atoms with Gasteiger partial charge in [0.05, 0.1) is 12.2 Å². The van der Waals surface area contributed by atoms with E-state index in [1.807, 2.05) is 30.3 Å². The minimum atomic E-state index is -1.17. The van der Waals surface area contributed by atoms with Gasteiger partial charge >= 0.3 is 0 Å². The van der Waals surface area contributed by atoms with E-state index in [0.717, 1.165) is 14.9 Å². The van der Waals surface area contributed by atoms with Crippen molar-refractivity contribution in [1.82, 2.24) is 9.88 Å². The first kappa shape index (κ1) is 19.3. The molecule has 2 N–H and O–H groups in total. The van der Waals surface area contributed by atoms with Crippen molar-refractivity contribution in [2.24, 2.45) is 0 Å². The fourth-order valence-corrected chi connectivity index (χ4v) is 4.24. The number of thiazole rings is 1. The molecule has 0 fully saturated rings. The number of halogens is 1. The number of carbonyl (C=O) groups excluding carboxylic acids is 1. The van der Waals surface area contributed by atoms with Crippen molar-refractivity contribution in [3.8, 4) is 17.3 Å². The van der Waals surface area contributed by atoms with Crippen LogP contribution in [0.2, 0.25) is 0 Å². The normalized spacial score (nSPS) is 16.4. The van der Waals surface area contributed by atoms with E-state index in [9.17, 15) is 20.3 Å². The molecule has 1 aliphatic rings. The Morgan fingerprint density at radius 3 is 2.66 bits per heavy atom. The third-order valence-corrected chi connectivity index (χ3v) is 5.99. The Morgan fingerprint density at radius 1 is 1.24 bits per heavy atom. The molecule has 1 amide bonds. The molecule has 0 spiro atoms. The van der Waals surface area contributed by atoms with Crippen LogP contribution < -0.4 is 0 Å². The molecule has 1 aliphatic heterocycles. The molecular formula is C21H14BrN3O3S. The standard InChI is InChI=1S/C21H14BrN3O3S/c22-13-7-5-12(6-8-13)17-11-29-19(24-17)16(9-23)18(26)10-25-20(27)14-3-1-2-4-15(14)21(25)28/h1-8,11,20,26-27H,10H2/b18-16-. The van der Waals surface area contributed by atoms with E-state index in [0.29, 0.717) is 21.8 Å². The Bertz CT molecular complexity index is 1160. The summed E-state index contributed by atoms with van der Waals surface area (Å²) in [5, 5.41) is 32.7. The lowest BCUT2D eigenvalue weighted by atomic mass is 10.1. The van der Waals surface area contributed by atoms with Crippen molar-refractivity contribution in [3.63, 3.8) is 0 Å². The number of aliphatic hydroxyl groups excluding tert-OH is 2. The highest BCUT2D eigenvalue weighted by Crippen LogP contribution is 2.33. The highest BCUT2D eigenvalue weighted by molar-refractivity contribution is 9.10. The first-order chi connectivity index (χ1) is 14.0. The van der Waals surface area contributed by atoms with Gasteiger partial charge in [-0.3, -0.25) is 4.79 Å². The lowest BCUT2D eigenvalue weighted by Gasteiger charge is -2.20. The Balaban J connectivity index is 1.61. The van der Waals surface area contributed by atoms with Crippen LogP contribution in [-0.4, -0.2) is 32.5 Å². The molecule has 8 heteroatoms. The summed E-state index contributed by atoms with van der Waals surface area (Å²) in [6.07, 6.45) is -1.17. The summed E-state index contributed by atoms with van der Waals surface area (Å²) in [6, 6.07) is 16.3. The summed E-state index contributed by atoms with van der Waals surface area (Å²) in [5.74, 6) is -0.712. The summed E-state index contributed by atoms with van der Waals surface area (Å²) in [4.78, 5) is 18.1. The van der Waals surface area contributed by atoms with Gasteiger partial charge < -0.3 is 15.1 Å². The lowest BCUT2D eigenvalue weighted by Crippen LogP contribution is -2.30. The second-order valence-corrected chi connectivity index (χ2v) is 8.15. The van der Waals surface area contributed by atoms with Crippen molar-refractivity contribution in [1.29, 1.82) is 5.26 Å². The van der Waals surface area contributed by atoms with E-state index in [1.54, 1.807) is 29.6 Å². The second-order valence-electron chi connectivity index (χ2n) is 6.37. The maximum atomic E-state index is 12.5. The number of allylic oxidation sites excluding steroid dienone is 1. The zero-order valence-corrected chi connectivity index (χ0v) is 17.3. The summed E-state index contributed by atoms with van der Waals surface area (Å²) in [7, 11) is 0. The molecule has 4 rings (SSSR count). The van der Waals surface area contributed by atoms with Crippen LogP contribution in [0.15, 0.2) is 64.1 Å². The first-order valence-corrected chi connectivity index (χ1v) is 10.3. The predicted molar refractivity (Wildman–Crippen MR) is 113 cm³/mol. The van der Waals surface area contributed by atoms with Gasteiger partial charge in [-0.15, -0.1) is 11.3 Å². The molecule has 0 saturated heterocycles. The maximum absolute atomic E-state index is 12.5. The third-order valence-electron chi connectivity index (χ3n) is 4.60. The Labute approximate surface area is 179 Å². The van der Waals surface area contributed by atoms with Gasteiger partial charge in [0, 0.05) is 26.5 Å². The summed E-state index contributed by atoms with van der Waals surface area (Å²) >= 11 is 4.61. The van der Waals surface area contributed by atoms with Gasteiger partial charge in [-0.05, 0) is 18.2 Å². The van der Waals surface area contributed by atoms with E-state index in [1.165, 1.54) is 11.3 Å². The van der Waals surface area contributed by atoms with Crippen LogP contribution in [0.1, 0.15) is 27.2 Å². The smallest absolute Gasteiger partial charge is 0.257 e. The molecule has 1 aromatic heterocycles. The number of fused-ring (bicyclic) bond motifs is 1. The summed E-state index contributed by atoms with van der Waals surface area (Å²) in [5.41, 5.74) is 2.42. The molecule has 0 saturated carbocycles. The molecule has 2 aromatic carbocycles. The molecule has 1 atom stereocenters. The van der Waals surface area contributed by atoms with Crippen molar-refractivity contribution in [3.05, 3.63) is 80.3 Å². The topological polar surface area (TPSA) is 97.5 Å². The summed E-state index contributed by atoms with van der Waals surface area (Å²) in [6.45, 7) is -0.287. The maximum Gasteiger partial charge on any atom is 0.257 e. The molecule has 29 heavy (non-hydrogen) atoms. The molecule has 1 unspecified atom stereocenters. The van der Waals surface area contributed by atoms with E-state index < -0.39 is 12.1 Å². The molecule has 0 aliphatic carbocycles. The molecular weight excluding hydrogens is 454 g/mol. The molecule has 6 nitrogen and oxygen atoms in total. The van der Waals surface area contributed by atoms with Crippen LogP contribution in [0.4, 0.5) is 0 Å². The number of amides is 1. The number of hydrogen-bond acceptors (Lipinski definition) is 6. The van der Waals surface area contributed by atoms with E-state index in [4.69, 9.17) is 0 Å². The van der Waals surface area contributed by atoms with E-state index in [2.05, 4.69) is 20.9 Å². The Kier molecular flexibility index (Phi) is 5.20. The van der Waals surface area contributed by atoms with Crippen molar-refractivity contribution >= 4 is 38.7 Å². The van der Waals surface area contributed by atoms with Crippen LogP contribution >= 0.6 is 27.3 Å². The summed E-state index contributed by atoms with van der Waals surface area (Å²) < 4.78 is 0.946. The quantitative estimate of drug-likeness (QED) is 0.434. The van der Waals surface area contributed by atoms with E-state index >= 15 is 0 Å². The van der Waals surface area contributed by atoms with Crippen LogP contribution in [-0.2, 0) is 0 Å². The van der Waals surface area contributed by atoms with E-state index in [-0.39, 0.29) is 17.9 Å². The average molecular weight is 468 g/mol. The predicted octanol–water partition coefficient (Wildman–Crippen LogP) is 4.51. The van der Waals surface area contributed by atoms with Crippen LogP contribution in [0, 0.1) is 11.3 Å². The highest BCUT2D eigenvalue weighted by Gasteiger charge is 2.36. The first-order valence-electron chi connectivity index (χ1n) is 8.61. The van der Waals surface area contributed by atoms with Gasteiger partial charge in [0.25, 0.3) is 5.91 Å². The number of hydrogen-bond donors (Lipinski definition) is 2. The van der Waals surface area contributed by atoms with Gasteiger partial charge in [0.15, 0.2) is 6.23 Å². The lowest BCUT2D eigenvalue weighted by molar-refractivity contribution is 0.0179. The number of benzene rings is 2. The number of aromatic nitrogens is 1. The van der Waals surface area contributed by atoms with Crippen LogP contribution in [0.5, 0.6) is 0 Å². The second kappa shape index (κ2) is 7.79. The highest BCUT2D eigenvalue weighted by atomic mass is 79.9. The number of nitrogens with zero attached hydrogens (tertiary/aromatic N) is 3. The molecule has 144 valence electrons. The van der Waals surface area contributed by atoms with Gasteiger partial charge in [-0.2, -0.15) is 5.26 Å². The average Bonchev–Trinajstić information content (AvgIpc) is 3.29. The fourth-order valence-electron chi connectivity index (χ4n) is 3.13. The van der Waals surface area contributed by atoms with Gasteiger partial charge in [0.2, 0.25) is 0 Å². The third kappa shape index (κ3) is 3.56.